The molecule has 0 saturated heterocycles. The van der Waals surface area contributed by atoms with Gasteiger partial charge >= 0.3 is 0 Å². The van der Waals surface area contributed by atoms with Gasteiger partial charge in [0.2, 0.25) is 0 Å². The number of benzene rings is 1. The molecule has 2 unspecified atom stereocenters. The Morgan fingerprint density at radius 3 is 2.00 bits per heavy atom. The van der Waals surface area contributed by atoms with E-state index >= 15 is 0 Å². The molecule has 0 aliphatic heterocycles. The first-order valence-electron chi connectivity index (χ1n) is 6.10. The summed E-state index contributed by atoms with van der Waals surface area (Å²) in [5, 5.41) is 0. The lowest BCUT2D eigenvalue weighted by molar-refractivity contribution is 0.554. The molecule has 0 heterocycles. The fraction of sp³-hybridized carbons (Fsp3) is 0.600. The van der Waals surface area contributed by atoms with Crippen LogP contribution in [0.4, 0.5) is 0 Å². The lowest BCUT2D eigenvalue weighted by Crippen LogP contribution is -2.11. The maximum Gasteiger partial charge on any atom is 0.0420 e. The molecule has 1 aromatic rings. The van der Waals surface area contributed by atoms with Gasteiger partial charge in [-0.25, -0.2) is 0 Å². The standard InChI is InChI=1S/C15H23Br/c1-6-11(2)14(16)12-7-9-13(10-8-12)15(3,4)5/h7-11,14H,6H2,1-5H3. The zero-order valence-electron chi connectivity index (χ0n) is 11.0. The van der Waals surface area contributed by atoms with Crippen molar-refractivity contribution >= 4 is 15.9 Å². The minimum Gasteiger partial charge on any atom is -0.0836 e. The van der Waals surface area contributed by atoms with Crippen LogP contribution in [-0.2, 0) is 5.41 Å². The summed E-state index contributed by atoms with van der Waals surface area (Å²) >= 11 is 3.79. The Kier molecular flexibility index (Phi) is 4.61. The van der Waals surface area contributed by atoms with E-state index in [0.717, 1.165) is 0 Å². The molecule has 2 atom stereocenters. The van der Waals surface area contributed by atoms with Gasteiger partial charge < -0.3 is 0 Å². The highest BCUT2D eigenvalue weighted by atomic mass is 79.9. The summed E-state index contributed by atoms with van der Waals surface area (Å²) < 4.78 is 0. The molecular weight excluding hydrogens is 260 g/mol. The van der Waals surface area contributed by atoms with E-state index < -0.39 is 0 Å². The molecule has 0 radical (unpaired) electrons. The van der Waals surface area contributed by atoms with Gasteiger partial charge in [-0.2, -0.15) is 0 Å². The van der Waals surface area contributed by atoms with Crippen molar-refractivity contribution in [1.82, 2.24) is 0 Å². The van der Waals surface area contributed by atoms with Crippen LogP contribution in [0.2, 0.25) is 0 Å². The predicted molar refractivity (Wildman–Crippen MR) is 76.3 cm³/mol. The molecule has 90 valence electrons. The predicted octanol–water partition coefficient (Wildman–Crippen LogP) is 5.47. The van der Waals surface area contributed by atoms with Gasteiger partial charge in [-0.15, -0.1) is 0 Å². The van der Waals surface area contributed by atoms with Crippen molar-refractivity contribution in [2.24, 2.45) is 5.92 Å². The highest BCUT2D eigenvalue weighted by molar-refractivity contribution is 9.09. The molecule has 0 fully saturated rings. The summed E-state index contributed by atoms with van der Waals surface area (Å²) in [7, 11) is 0. The average Bonchev–Trinajstić information content (AvgIpc) is 2.26. The molecule has 0 aromatic heterocycles. The number of halogens is 1. The third-order valence-corrected chi connectivity index (χ3v) is 4.67. The van der Waals surface area contributed by atoms with Gasteiger partial charge in [0.1, 0.15) is 0 Å². The third-order valence-electron chi connectivity index (χ3n) is 3.24. The minimum atomic E-state index is 0.247. The minimum absolute atomic E-state index is 0.247. The summed E-state index contributed by atoms with van der Waals surface area (Å²) in [5.74, 6) is 0.681. The monoisotopic (exact) mass is 282 g/mol. The summed E-state index contributed by atoms with van der Waals surface area (Å²) in [5.41, 5.74) is 3.04. The topological polar surface area (TPSA) is 0 Å². The zero-order chi connectivity index (χ0) is 12.3. The van der Waals surface area contributed by atoms with Crippen molar-refractivity contribution < 1.29 is 0 Å². The van der Waals surface area contributed by atoms with E-state index in [0.29, 0.717) is 10.7 Å². The Morgan fingerprint density at radius 1 is 1.12 bits per heavy atom. The Balaban J connectivity index is 2.87. The SMILES string of the molecule is CCC(C)C(Br)c1ccc(C(C)(C)C)cc1. The fourth-order valence-electron chi connectivity index (χ4n) is 1.70. The molecule has 0 nitrogen and oxygen atoms in total. The second-order valence-electron chi connectivity index (χ2n) is 5.66. The molecule has 0 aliphatic carbocycles. The first-order valence-corrected chi connectivity index (χ1v) is 7.02. The van der Waals surface area contributed by atoms with Gasteiger partial charge in [0.05, 0.1) is 0 Å². The van der Waals surface area contributed by atoms with Crippen molar-refractivity contribution in [1.29, 1.82) is 0 Å². The van der Waals surface area contributed by atoms with Crippen LogP contribution >= 0.6 is 15.9 Å². The van der Waals surface area contributed by atoms with Crippen LogP contribution in [0.5, 0.6) is 0 Å². The quantitative estimate of drug-likeness (QED) is 0.645. The van der Waals surface area contributed by atoms with Crippen LogP contribution in [0.15, 0.2) is 24.3 Å². The lowest BCUT2D eigenvalue weighted by atomic mass is 9.86. The molecule has 0 spiro atoms. The van der Waals surface area contributed by atoms with Gasteiger partial charge in [0.15, 0.2) is 0 Å². The van der Waals surface area contributed by atoms with Gasteiger partial charge in [0, 0.05) is 4.83 Å². The molecule has 0 bridgehead atoms. The van der Waals surface area contributed by atoms with Gasteiger partial charge in [-0.1, -0.05) is 81.2 Å². The Hall–Kier alpha value is -0.300. The van der Waals surface area contributed by atoms with Crippen molar-refractivity contribution in [3.05, 3.63) is 35.4 Å². The van der Waals surface area contributed by atoms with Crippen LogP contribution in [0, 0.1) is 5.92 Å². The molecule has 0 N–H and O–H groups in total. The largest absolute Gasteiger partial charge is 0.0836 e. The molecule has 1 heteroatoms. The van der Waals surface area contributed by atoms with Crippen LogP contribution in [0.3, 0.4) is 0 Å². The second-order valence-corrected chi connectivity index (χ2v) is 6.65. The second kappa shape index (κ2) is 5.35. The molecular formula is C15H23Br. The van der Waals surface area contributed by atoms with Crippen molar-refractivity contribution in [2.75, 3.05) is 0 Å². The summed E-state index contributed by atoms with van der Waals surface area (Å²) in [6, 6.07) is 9.02. The van der Waals surface area contributed by atoms with Crippen molar-refractivity contribution in [3.63, 3.8) is 0 Å². The number of rotatable bonds is 3. The van der Waals surface area contributed by atoms with Crippen molar-refractivity contribution in [3.8, 4) is 0 Å². The van der Waals surface area contributed by atoms with Crippen LogP contribution in [0.25, 0.3) is 0 Å². The zero-order valence-corrected chi connectivity index (χ0v) is 12.6. The average molecular weight is 283 g/mol. The molecule has 0 saturated carbocycles. The first-order chi connectivity index (χ1) is 7.36. The first kappa shape index (κ1) is 13.8. The van der Waals surface area contributed by atoms with Gasteiger partial charge in [-0.3, -0.25) is 0 Å². The normalized spacial score (nSPS) is 15.9. The number of hydrogen-bond donors (Lipinski definition) is 0. The maximum absolute atomic E-state index is 3.79. The van der Waals surface area contributed by atoms with E-state index in [-0.39, 0.29) is 5.41 Å². The fourth-order valence-corrected chi connectivity index (χ4v) is 2.38. The molecule has 0 aliphatic rings. The van der Waals surface area contributed by atoms with E-state index in [4.69, 9.17) is 0 Å². The lowest BCUT2D eigenvalue weighted by Gasteiger charge is -2.21. The number of hydrogen-bond acceptors (Lipinski definition) is 0. The molecule has 16 heavy (non-hydrogen) atoms. The van der Waals surface area contributed by atoms with Crippen LogP contribution in [0.1, 0.15) is 57.0 Å². The Morgan fingerprint density at radius 2 is 1.62 bits per heavy atom. The molecule has 1 rings (SSSR count). The van der Waals surface area contributed by atoms with E-state index in [1.54, 1.807) is 0 Å². The van der Waals surface area contributed by atoms with E-state index in [2.05, 4.69) is 74.8 Å². The summed E-state index contributed by atoms with van der Waals surface area (Å²) in [4.78, 5) is 0.478. The smallest absolute Gasteiger partial charge is 0.0420 e. The van der Waals surface area contributed by atoms with E-state index in [1.807, 2.05) is 0 Å². The van der Waals surface area contributed by atoms with Crippen molar-refractivity contribution in [2.45, 2.75) is 51.3 Å². The summed E-state index contributed by atoms with van der Waals surface area (Å²) in [6.07, 6.45) is 1.21. The number of alkyl halides is 1. The third kappa shape index (κ3) is 3.35. The summed E-state index contributed by atoms with van der Waals surface area (Å²) in [6.45, 7) is 11.3. The van der Waals surface area contributed by atoms with Gasteiger partial charge in [0.25, 0.3) is 0 Å². The Bertz CT molecular complexity index is 318. The highest BCUT2D eigenvalue weighted by Crippen LogP contribution is 2.33. The van der Waals surface area contributed by atoms with Crippen LogP contribution in [-0.4, -0.2) is 0 Å². The van der Waals surface area contributed by atoms with E-state index in [1.165, 1.54) is 17.5 Å². The molecule has 1 aromatic carbocycles. The maximum atomic E-state index is 3.79. The van der Waals surface area contributed by atoms with E-state index in [9.17, 15) is 0 Å². The van der Waals surface area contributed by atoms with Crippen LogP contribution < -0.4 is 0 Å². The molecule has 0 amide bonds. The van der Waals surface area contributed by atoms with Gasteiger partial charge in [-0.05, 0) is 22.5 Å². The highest BCUT2D eigenvalue weighted by Gasteiger charge is 2.17. The Labute approximate surface area is 109 Å².